The van der Waals surface area contributed by atoms with Gasteiger partial charge in [-0.2, -0.15) is 0 Å². The highest BCUT2D eigenvalue weighted by molar-refractivity contribution is 5.94. The van der Waals surface area contributed by atoms with Gasteiger partial charge in [0.25, 0.3) is 0 Å². The fraction of sp³-hybridized carbons (Fsp3) is 0.632. The number of esters is 1. The molecule has 0 unspecified atom stereocenters. The molecule has 0 amide bonds. The van der Waals surface area contributed by atoms with Crippen molar-refractivity contribution in [3.63, 3.8) is 0 Å². The molecular formula is C19H30O4. The van der Waals surface area contributed by atoms with Crippen LogP contribution >= 0.6 is 0 Å². The number of carbonyl (C=O) groups excluding carboxylic acids is 3. The van der Waals surface area contributed by atoms with Crippen LogP contribution in [0.15, 0.2) is 24.3 Å². The van der Waals surface area contributed by atoms with Crippen LogP contribution in [-0.4, -0.2) is 24.1 Å². The summed E-state index contributed by atoms with van der Waals surface area (Å²) in [6.45, 7) is 10.7. The maximum atomic E-state index is 11.7. The number of ketones is 2. The molecule has 0 aromatic carbocycles. The summed E-state index contributed by atoms with van der Waals surface area (Å²) in [6.07, 6.45) is 7.05. The number of allylic oxidation sites excluding steroid dienone is 1. The van der Waals surface area contributed by atoms with Gasteiger partial charge in [0.2, 0.25) is 0 Å². The number of rotatable bonds is 14. The van der Waals surface area contributed by atoms with Crippen molar-refractivity contribution in [2.45, 2.75) is 71.6 Å². The summed E-state index contributed by atoms with van der Waals surface area (Å²) in [5.41, 5.74) is 1.01. The van der Waals surface area contributed by atoms with E-state index in [0.717, 1.165) is 32.1 Å². The van der Waals surface area contributed by atoms with Crippen LogP contribution in [0.25, 0.3) is 0 Å². The zero-order chi connectivity index (χ0) is 17.7. The largest absolute Gasteiger partial charge is 0.462 e. The Bertz CT molecular complexity index is 435. The van der Waals surface area contributed by atoms with E-state index in [2.05, 4.69) is 13.2 Å². The number of ether oxygens (including phenoxy) is 1. The summed E-state index contributed by atoms with van der Waals surface area (Å²) in [5.74, 6) is -0.0380. The van der Waals surface area contributed by atoms with Gasteiger partial charge in [-0.05, 0) is 38.7 Å². The average Bonchev–Trinajstić information content (AvgIpc) is 2.49. The Morgan fingerprint density at radius 1 is 0.739 bits per heavy atom. The van der Waals surface area contributed by atoms with E-state index in [1.807, 2.05) is 0 Å². The molecule has 130 valence electrons. The van der Waals surface area contributed by atoms with Gasteiger partial charge < -0.3 is 4.74 Å². The molecule has 0 saturated heterocycles. The highest BCUT2D eigenvalue weighted by atomic mass is 16.5. The number of hydrogen-bond donors (Lipinski definition) is 0. The Kier molecular flexibility index (Phi) is 11.8. The molecule has 0 heterocycles. The first-order valence-corrected chi connectivity index (χ1v) is 8.37. The molecule has 0 spiro atoms. The zero-order valence-electron chi connectivity index (χ0n) is 14.6. The molecule has 0 aromatic heterocycles. The van der Waals surface area contributed by atoms with Crippen LogP contribution in [-0.2, 0) is 19.1 Å². The molecule has 0 fully saturated rings. The second-order valence-electron chi connectivity index (χ2n) is 6.03. The van der Waals surface area contributed by atoms with Crippen LogP contribution in [0, 0.1) is 0 Å². The predicted molar refractivity (Wildman–Crippen MR) is 92.2 cm³/mol. The summed E-state index contributed by atoms with van der Waals surface area (Å²) >= 11 is 0. The second kappa shape index (κ2) is 12.8. The Hall–Kier alpha value is -1.71. The number of carbonyl (C=O) groups is 3. The first-order chi connectivity index (χ1) is 10.8. The molecule has 0 N–H and O–H groups in total. The minimum absolute atomic E-state index is 0.146. The minimum atomic E-state index is -0.400. The fourth-order valence-corrected chi connectivity index (χ4v) is 2.03. The van der Waals surface area contributed by atoms with Crippen LogP contribution in [0.2, 0.25) is 0 Å². The third-order valence-electron chi connectivity index (χ3n) is 3.52. The lowest BCUT2D eigenvalue weighted by Crippen LogP contribution is -2.08. The SMILES string of the molecule is C=C(C)C(=O)CCCCCCCC(=O)CCCOC(=O)C(=C)C. The second-order valence-corrected chi connectivity index (χ2v) is 6.03. The van der Waals surface area contributed by atoms with E-state index >= 15 is 0 Å². The van der Waals surface area contributed by atoms with Gasteiger partial charge in [0.15, 0.2) is 5.78 Å². The van der Waals surface area contributed by atoms with Gasteiger partial charge in [0.1, 0.15) is 5.78 Å². The normalized spacial score (nSPS) is 10.2. The molecular weight excluding hydrogens is 292 g/mol. The third-order valence-corrected chi connectivity index (χ3v) is 3.52. The minimum Gasteiger partial charge on any atom is -0.462 e. The van der Waals surface area contributed by atoms with Crippen molar-refractivity contribution in [2.24, 2.45) is 0 Å². The van der Waals surface area contributed by atoms with Gasteiger partial charge in [0.05, 0.1) is 6.61 Å². The smallest absolute Gasteiger partial charge is 0.333 e. The van der Waals surface area contributed by atoms with Crippen molar-refractivity contribution < 1.29 is 19.1 Å². The van der Waals surface area contributed by atoms with E-state index in [1.165, 1.54) is 0 Å². The van der Waals surface area contributed by atoms with E-state index in [-0.39, 0.29) is 18.2 Å². The van der Waals surface area contributed by atoms with E-state index in [9.17, 15) is 14.4 Å². The van der Waals surface area contributed by atoms with Crippen LogP contribution in [0.3, 0.4) is 0 Å². The van der Waals surface area contributed by atoms with Crippen molar-refractivity contribution in [1.82, 2.24) is 0 Å². The van der Waals surface area contributed by atoms with Gasteiger partial charge in [-0.3, -0.25) is 9.59 Å². The Morgan fingerprint density at radius 2 is 1.26 bits per heavy atom. The van der Waals surface area contributed by atoms with Crippen molar-refractivity contribution in [1.29, 1.82) is 0 Å². The van der Waals surface area contributed by atoms with Gasteiger partial charge in [-0.15, -0.1) is 0 Å². The lowest BCUT2D eigenvalue weighted by molar-refractivity contribution is -0.139. The molecule has 0 aromatic rings. The Labute approximate surface area is 140 Å². The molecule has 4 heteroatoms. The van der Waals surface area contributed by atoms with E-state index < -0.39 is 5.97 Å². The summed E-state index contributed by atoms with van der Waals surface area (Å²) < 4.78 is 4.94. The molecule has 4 nitrogen and oxygen atoms in total. The predicted octanol–water partition coefficient (Wildman–Crippen LogP) is 4.33. The van der Waals surface area contributed by atoms with Crippen molar-refractivity contribution in [3.8, 4) is 0 Å². The van der Waals surface area contributed by atoms with Crippen molar-refractivity contribution in [3.05, 3.63) is 24.3 Å². The zero-order valence-corrected chi connectivity index (χ0v) is 14.6. The van der Waals surface area contributed by atoms with Gasteiger partial charge in [0, 0.05) is 24.8 Å². The first kappa shape index (κ1) is 21.3. The molecule has 0 saturated carbocycles. The fourth-order valence-electron chi connectivity index (χ4n) is 2.03. The van der Waals surface area contributed by atoms with Crippen LogP contribution < -0.4 is 0 Å². The highest BCUT2D eigenvalue weighted by Crippen LogP contribution is 2.10. The maximum Gasteiger partial charge on any atom is 0.333 e. The summed E-state index contributed by atoms with van der Waals surface area (Å²) in [5, 5.41) is 0. The lowest BCUT2D eigenvalue weighted by atomic mass is 10.0. The average molecular weight is 322 g/mol. The van der Waals surface area contributed by atoms with Crippen molar-refractivity contribution in [2.75, 3.05) is 6.61 Å². The molecule has 0 aliphatic carbocycles. The van der Waals surface area contributed by atoms with Gasteiger partial charge >= 0.3 is 5.97 Å². The first-order valence-electron chi connectivity index (χ1n) is 8.37. The highest BCUT2D eigenvalue weighted by Gasteiger charge is 2.05. The van der Waals surface area contributed by atoms with E-state index in [1.54, 1.807) is 13.8 Å². The maximum absolute atomic E-state index is 11.7. The molecule has 0 atom stereocenters. The number of Topliss-reactive ketones (excluding diaryl/α,β-unsaturated/α-hetero) is 2. The Balaban J connectivity index is 3.43. The Morgan fingerprint density at radius 3 is 1.83 bits per heavy atom. The quantitative estimate of drug-likeness (QED) is 0.271. The standard InChI is InChI=1S/C19H30O4/c1-15(2)18(21)13-9-7-5-6-8-11-17(20)12-10-14-23-19(22)16(3)4/h1,3,5-14H2,2,4H3. The molecule has 23 heavy (non-hydrogen) atoms. The van der Waals surface area contributed by atoms with Crippen LogP contribution in [0.5, 0.6) is 0 Å². The third kappa shape index (κ3) is 12.5. The number of hydrogen-bond acceptors (Lipinski definition) is 4. The summed E-state index contributed by atoms with van der Waals surface area (Å²) in [7, 11) is 0. The van der Waals surface area contributed by atoms with Gasteiger partial charge in [-0.1, -0.05) is 32.4 Å². The molecule has 0 aliphatic rings. The molecule has 0 bridgehead atoms. The summed E-state index contributed by atoms with van der Waals surface area (Å²) in [4.78, 5) is 34.1. The monoisotopic (exact) mass is 322 g/mol. The van der Waals surface area contributed by atoms with Crippen LogP contribution in [0.1, 0.15) is 71.6 Å². The molecule has 0 rings (SSSR count). The van der Waals surface area contributed by atoms with Crippen molar-refractivity contribution >= 4 is 17.5 Å². The van der Waals surface area contributed by atoms with Gasteiger partial charge in [-0.25, -0.2) is 4.79 Å². The molecule has 0 aliphatic heterocycles. The number of unbranched alkanes of at least 4 members (excludes halogenated alkanes) is 4. The van der Waals surface area contributed by atoms with Crippen LogP contribution in [0.4, 0.5) is 0 Å². The topological polar surface area (TPSA) is 60.4 Å². The van der Waals surface area contributed by atoms with E-state index in [0.29, 0.717) is 36.8 Å². The molecule has 0 radical (unpaired) electrons. The van der Waals surface area contributed by atoms with E-state index in [4.69, 9.17) is 4.74 Å². The lowest BCUT2D eigenvalue weighted by Gasteiger charge is -2.04. The summed E-state index contributed by atoms with van der Waals surface area (Å²) in [6, 6.07) is 0.